The number of para-hydroxylation sites is 1. The molecule has 1 fully saturated rings. The van der Waals surface area contributed by atoms with E-state index in [-0.39, 0.29) is 6.04 Å². The van der Waals surface area contributed by atoms with E-state index in [2.05, 4.69) is 21.9 Å². The van der Waals surface area contributed by atoms with Crippen LogP contribution in [0.1, 0.15) is 17.2 Å². The maximum absolute atomic E-state index is 10.9. The molecule has 28 heavy (non-hydrogen) atoms. The second-order valence-electron chi connectivity index (χ2n) is 7.61. The SMILES string of the molecule is COc1ccc2c(c1)CC(N1CCN(c3cccc4c3OCCO4)CC1)C2O. The number of piperazine rings is 1. The minimum Gasteiger partial charge on any atom is -0.497 e. The first kappa shape index (κ1) is 17.6. The van der Waals surface area contributed by atoms with Crippen molar-refractivity contribution in [1.82, 2.24) is 4.90 Å². The van der Waals surface area contributed by atoms with Crippen LogP contribution in [-0.2, 0) is 6.42 Å². The molecule has 0 bridgehead atoms. The maximum atomic E-state index is 10.9. The van der Waals surface area contributed by atoms with Crippen LogP contribution in [0.3, 0.4) is 0 Å². The smallest absolute Gasteiger partial charge is 0.184 e. The second-order valence-corrected chi connectivity index (χ2v) is 7.61. The highest BCUT2D eigenvalue weighted by molar-refractivity contribution is 5.65. The summed E-state index contributed by atoms with van der Waals surface area (Å²) in [5.41, 5.74) is 3.34. The molecule has 2 aromatic rings. The summed E-state index contributed by atoms with van der Waals surface area (Å²) in [6.45, 7) is 4.84. The van der Waals surface area contributed by atoms with Gasteiger partial charge in [0.2, 0.25) is 0 Å². The van der Waals surface area contributed by atoms with Crippen molar-refractivity contribution in [2.24, 2.45) is 0 Å². The Morgan fingerprint density at radius 1 is 1.04 bits per heavy atom. The molecule has 0 aromatic heterocycles. The average Bonchev–Trinajstić information content (AvgIpc) is 3.09. The zero-order valence-electron chi connectivity index (χ0n) is 16.1. The van der Waals surface area contributed by atoms with Gasteiger partial charge in [0.25, 0.3) is 0 Å². The van der Waals surface area contributed by atoms with Crippen molar-refractivity contribution in [2.75, 3.05) is 51.4 Å². The van der Waals surface area contributed by atoms with E-state index in [4.69, 9.17) is 14.2 Å². The third kappa shape index (κ3) is 2.97. The maximum Gasteiger partial charge on any atom is 0.184 e. The Bertz CT molecular complexity index is 864. The number of aliphatic hydroxyl groups excluding tert-OH is 1. The van der Waals surface area contributed by atoms with Gasteiger partial charge in [-0.1, -0.05) is 12.1 Å². The van der Waals surface area contributed by atoms with E-state index in [1.165, 1.54) is 5.56 Å². The zero-order chi connectivity index (χ0) is 19.1. The third-order valence-corrected chi connectivity index (χ3v) is 6.13. The fraction of sp³-hybridized carbons (Fsp3) is 0.455. The van der Waals surface area contributed by atoms with E-state index in [0.717, 1.165) is 61.1 Å². The lowest BCUT2D eigenvalue weighted by molar-refractivity contribution is 0.0571. The van der Waals surface area contributed by atoms with Crippen LogP contribution in [0.2, 0.25) is 0 Å². The molecule has 3 aliphatic rings. The minimum atomic E-state index is -0.436. The molecule has 0 amide bonds. The van der Waals surface area contributed by atoms with Gasteiger partial charge < -0.3 is 24.2 Å². The molecular formula is C22H26N2O4. The number of benzene rings is 2. The molecule has 5 rings (SSSR count). The van der Waals surface area contributed by atoms with Gasteiger partial charge in [-0.2, -0.15) is 0 Å². The lowest BCUT2D eigenvalue weighted by atomic mass is 10.1. The molecule has 6 heteroatoms. The highest BCUT2D eigenvalue weighted by Crippen LogP contribution is 2.41. The average molecular weight is 382 g/mol. The van der Waals surface area contributed by atoms with E-state index in [1.54, 1.807) is 7.11 Å². The number of hydrogen-bond donors (Lipinski definition) is 1. The van der Waals surface area contributed by atoms with Gasteiger partial charge in [0.15, 0.2) is 11.5 Å². The van der Waals surface area contributed by atoms with Gasteiger partial charge in [-0.15, -0.1) is 0 Å². The first-order valence-corrected chi connectivity index (χ1v) is 9.97. The van der Waals surface area contributed by atoms with Crippen LogP contribution in [0.15, 0.2) is 36.4 Å². The van der Waals surface area contributed by atoms with Crippen molar-refractivity contribution in [3.05, 3.63) is 47.5 Å². The number of methoxy groups -OCH3 is 1. The van der Waals surface area contributed by atoms with Crippen molar-refractivity contribution >= 4 is 5.69 Å². The molecule has 148 valence electrons. The van der Waals surface area contributed by atoms with Crippen LogP contribution in [0.25, 0.3) is 0 Å². The summed E-state index contributed by atoms with van der Waals surface area (Å²) in [5.74, 6) is 2.55. The summed E-state index contributed by atoms with van der Waals surface area (Å²) in [4.78, 5) is 4.78. The predicted molar refractivity (Wildman–Crippen MR) is 107 cm³/mol. The lowest BCUT2D eigenvalue weighted by Gasteiger charge is -2.40. The van der Waals surface area contributed by atoms with E-state index < -0.39 is 6.10 Å². The summed E-state index contributed by atoms with van der Waals surface area (Å²) in [6.07, 6.45) is 0.430. The number of anilines is 1. The normalized spacial score (nSPS) is 24.1. The van der Waals surface area contributed by atoms with Crippen LogP contribution in [0.4, 0.5) is 5.69 Å². The molecule has 2 aliphatic heterocycles. The molecule has 1 aliphatic carbocycles. The standard InChI is InChI=1S/C22H26N2O4/c1-26-16-5-6-17-15(13-16)14-19(21(17)25)24-9-7-23(8-10-24)18-3-2-4-20-22(18)28-12-11-27-20/h2-6,13,19,21,25H,7-12,14H2,1H3. The number of nitrogens with zero attached hydrogens (tertiary/aromatic N) is 2. The van der Waals surface area contributed by atoms with E-state index in [1.807, 2.05) is 24.3 Å². The number of fused-ring (bicyclic) bond motifs is 2. The molecule has 0 radical (unpaired) electrons. The molecule has 1 saturated heterocycles. The van der Waals surface area contributed by atoms with Crippen molar-refractivity contribution in [1.29, 1.82) is 0 Å². The van der Waals surface area contributed by atoms with Crippen molar-refractivity contribution in [3.8, 4) is 17.2 Å². The first-order chi connectivity index (χ1) is 13.7. The molecule has 1 N–H and O–H groups in total. The fourth-order valence-corrected chi connectivity index (χ4v) is 4.65. The highest BCUT2D eigenvalue weighted by atomic mass is 16.6. The summed E-state index contributed by atoms with van der Waals surface area (Å²) < 4.78 is 16.9. The Morgan fingerprint density at radius 3 is 2.68 bits per heavy atom. The summed E-state index contributed by atoms with van der Waals surface area (Å²) in [6, 6.07) is 12.2. The monoisotopic (exact) mass is 382 g/mol. The summed E-state index contributed by atoms with van der Waals surface area (Å²) >= 11 is 0. The minimum absolute atomic E-state index is 0.133. The Morgan fingerprint density at radius 2 is 1.86 bits per heavy atom. The van der Waals surface area contributed by atoms with Gasteiger partial charge in [0.1, 0.15) is 19.0 Å². The van der Waals surface area contributed by atoms with Crippen molar-refractivity contribution < 1.29 is 19.3 Å². The molecule has 2 heterocycles. The van der Waals surface area contributed by atoms with Gasteiger partial charge in [0.05, 0.1) is 18.9 Å². The summed E-state index contributed by atoms with van der Waals surface area (Å²) in [7, 11) is 1.68. The predicted octanol–water partition coefficient (Wildman–Crippen LogP) is 2.25. The Balaban J connectivity index is 1.28. The van der Waals surface area contributed by atoms with Gasteiger partial charge >= 0.3 is 0 Å². The van der Waals surface area contributed by atoms with E-state index in [9.17, 15) is 5.11 Å². The number of aliphatic hydroxyl groups is 1. The fourth-order valence-electron chi connectivity index (χ4n) is 4.65. The molecule has 0 saturated carbocycles. The number of ether oxygens (including phenoxy) is 3. The van der Waals surface area contributed by atoms with Crippen LogP contribution < -0.4 is 19.1 Å². The molecule has 0 spiro atoms. The van der Waals surface area contributed by atoms with Gasteiger partial charge in [-0.05, 0) is 41.8 Å². The van der Waals surface area contributed by atoms with E-state index in [0.29, 0.717) is 13.2 Å². The number of rotatable bonds is 3. The molecule has 2 unspecified atom stereocenters. The topological polar surface area (TPSA) is 54.4 Å². The third-order valence-electron chi connectivity index (χ3n) is 6.13. The van der Waals surface area contributed by atoms with Crippen LogP contribution in [0.5, 0.6) is 17.2 Å². The van der Waals surface area contributed by atoms with Crippen LogP contribution in [-0.4, -0.2) is 62.6 Å². The first-order valence-electron chi connectivity index (χ1n) is 9.97. The van der Waals surface area contributed by atoms with Crippen molar-refractivity contribution in [3.63, 3.8) is 0 Å². The second kappa shape index (κ2) is 7.18. The number of hydrogen-bond acceptors (Lipinski definition) is 6. The van der Waals surface area contributed by atoms with Crippen molar-refractivity contribution in [2.45, 2.75) is 18.6 Å². The van der Waals surface area contributed by atoms with Gasteiger partial charge in [0, 0.05) is 32.2 Å². The quantitative estimate of drug-likeness (QED) is 0.879. The largest absolute Gasteiger partial charge is 0.497 e. The molecule has 2 aromatic carbocycles. The molecule has 2 atom stereocenters. The zero-order valence-corrected chi connectivity index (χ0v) is 16.1. The van der Waals surface area contributed by atoms with Gasteiger partial charge in [-0.25, -0.2) is 0 Å². The van der Waals surface area contributed by atoms with E-state index >= 15 is 0 Å². The van der Waals surface area contributed by atoms with Crippen LogP contribution >= 0.6 is 0 Å². The van der Waals surface area contributed by atoms with Crippen LogP contribution in [0, 0.1) is 0 Å². The Kier molecular flexibility index (Phi) is 4.53. The summed E-state index contributed by atoms with van der Waals surface area (Å²) in [5, 5.41) is 10.9. The molecule has 6 nitrogen and oxygen atoms in total. The Labute approximate surface area is 165 Å². The highest BCUT2D eigenvalue weighted by Gasteiger charge is 2.37. The van der Waals surface area contributed by atoms with Gasteiger partial charge in [-0.3, -0.25) is 4.90 Å². The Hall–Kier alpha value is -2.44. The lowest BCUT2D eigenvalue weighted by Crippen LogP contribution is -2.51. The molecular weight excluding hydrogens is 356 g/mol.